The van der Waals surface area contributed by atoms with Crippen molar-refractivity contribution in [3.05, 3.63) is 33.3 Å². The Morgan fingerprint density at radius 2 is 1.94 bits per heavy atom. The van der Waals surface area contributed by atoms with Crippen molar-refractivity contribution in [3.63, 3.8) is 0 Å². The third-order valence-corrected chi connectivity index (χ3v) is 4.11. The lowest BCUT2D eigenvalue weighted by Crippen LogP contribution is -2.24. The van der Waals surface area contributed by atoms with Crippen LogP contribution in [0.2, 0.25) is 5.02 Å². The largest absolute Gasteiger partial charge is 0.126 e. The van der Waals surface area contributed by atoms with E-state index >= 15 is 0 Å². The van der Waals surface area contributed by atoms with Gasteiger partial charge in [0.05, 0.1) is 0 Å². The molecule has 1 atom stereocenters. The minimum Gasteiger partial charge on any atom is -0.126 e. The monoisotopic (exact) mass is 322 g/mol. The molecule has 0 heterocycles. The summed E-state index contributed by atoms with van der Waals surface area (Å²) < 4.78 is 1.01. The number of hydrogen-bond donors (Lipinski definition) is 0. The molecule has 1 unspecified atom stereocenters. The fourth-order valence-corrected chi connectivity index (χ4v) is 2.87. The van der Waals surface area contributed by atoms with Crippen LogP contribution in [0.3, 0.4) is 0 Å². The van der Waals surface area contributed by atoms with Crippen LogP contribution in [-0.4, -0.2) is 5.88 Å². The van der Waals surface area contributed by atoms with E-state index < -0.39 is 0 Å². The Balaban J connectivity index is 2.86. The van der Waals surface area contributed by atoms with Gasteiger partial charge in [0.2, 0.25) is 0 Å². The first-order valence-corrected chi connectivity index (χ1v) is 7.05. The average Bonchev–Trinajstić information content (AvgIpc) is 2.14. The predicted molar refractivity (Wildman–Crippen MR) is 76.5 cm³/mol. The number of hydrogen-bond acceptors (Lipinski definition) is 0. The molecule has 0 radical (unpaired) electrons. The lowest BCUT2D eigenvalue weighted by molar-refractivity contribution is 0.264. The van der Waals surface area contributed by atoms with Crippen LogP contribution in [0.5, 0.6) is 0 Å². The maximum absolute atomic E-state index is 6.21. The number of halogens is 3. The van der Waals surface area contributed by atoms with E-state index in [2.05, 4.69) is 42.8 Å². The Bertz CT molecular complexity index is 355. The van der Waals surface area contributed by atoms with Crippen LogP contribution < -0.4 is 0 Å². The van der Waals surface area contributed by atoms with Gasteiger partial charge in [-0.3, -0.25) is 0 Å². The molecule has 1 rings (SSSR count). The molecule has 0 aliphatic heterocycles. The Kier molecular flexibility index (Phi) is 5.15. The third-order valence-electron chi connectivity index (χ3n) is 2.89. The SMILES string of the molecule is CC(C)(C)C(CCl)Cc1ccc(Br)cc1Cl. The molecule has 0 spiro atoms. The number of benzene rings is 1. The minimum atomic E-state index is 0.207. The van der Waals surface area contributed by atoms with E-state index in [-0.39, 0.29) is 5.41 Å². The van der Waals surface area contributed by atoms with Crippen LogP contribution in [0.4, 0.5) is 0 Å². The molecule has 0 N–H and O–H groups in total. The van der Waals surface area contributed by atoms with Gasteiger partial charge in [0.1, 0.15) is 0 Å². The molecule has 0 aromatic heterocycles. The van der Waals surface area contributed by atoms with Crippen LogP contribution in [0.25, 0.3) is 0 Å². The van der Waals surface area contributed by atoms with Crippen LogP contribution in [0.15, 0.2) is 22.7 Å². The first kappa shape index (κ1) is 14.3. The fraction of sp³-hybridized carbons (Fsp3) is 0.538. The smallest absolute Gasteiger partial charge is 0.0449 e. The van der Waals surface area contributed by atoms with E-state index in [0.717, 1.165) is 15.9 Å². The minimum absolute atomic E-state index is 0.207. The maximum atomic E-state index is 6.21. The summed E-state index contributed by atoms with van der Waals surface area (Å²) in [6.07, 6.45) is 0.930. The van der Waals surface area contributed by atoms with Gasteiger partial charge in [0.25, 0.3) is 0 Å². The molecule has 90 valence electrons. The van der Waals surface area contributed by atoms with E-state index in [9.17, 15) is 0 Å². The molecule has 0 aliphatic carbocycles. The summed E-state index contributed by atoms with van der Waals surface area (Å²) in [6.45, 7) is 6.65. The molecule has 3 heteroatoms. The summed E-state index contributed by atoms with van der Waals surface area (Å²) in [5.74, 6) is 1.10. The molecule has 1 aromatic carbocycles. The summed E-state index contributed by atoms with van der Waals surface area (Å²) in [4.78, 5) is 0. The topological polar surface area (TPSA) is 0 Å². The standard InChI is InChI=1S/C13H17BrCl2/c1-13(2,3)10(8-15)6-9-4-5-11(14)7-12(9)16/h4-5,7,10H,6,8H2,1-3H3. The second kappa shape index (κ2) is 5.75. The summed E-state index contributed by atoms with van der Waals surface area (Å²) in [5, 5.41) is 0.814. The Morgan fingerprint density at radius 3 is 2.38 bits per heavy atom. The first-order chi connectivity index (χ1) is 7.34. The highest BCUT2D eigenvalue weighted by Gasteiger charge is 2.24. The van der Waals surface area contributed by atoms with Gasteiger partial charge in [0.15, 0.2) is 0 Å². The molecule has 0 aliphatic rings. The molecule has 16 heavy (non-hydrogen) atoms. The van der Waals surface area contributed by atoms with Gasteiger partial charge < -0.3 is 0 Å². The predicted octanol–water partition coefficient (Wildman–Crippen LogP) is 5.55. The van der Waals surface area contributed by atoms with Crippen molar-refractivity contribution in [1.29, 1.82) is 0 Å². The van der Waals surface area contributed by atoms with Crippen LogP contribution in [0, 0.1) is 11.3 Å². The summed E-state index contributed by atoms with van der Waals surface area (Å²) in [6, 6.07) is 6.03. The molecule has 0 amide bonds. The van der Waals surface area contributed by atoms with Gasteiger partial charge in [-0.1, -0.05) is 54.4 Å². The van der Waals surface area contributed by atoms with Gasteiger partial charge in [-0.05, 0) is 35.4 Å². The Hall–Kier alpha value is 0.280. The highest BCUT2D eigenvalue weighted by molar-refractivity contribution is 9.10. The van der Waals surface area contributed by atoms with Crippen molar-refractivity contribution >= 4 is 39.1 Å². The molecule has 0 nitrogen and oxygen atoms in total. The van der Waals surface area contributed by atoms with Crippen molar-refractivity contribution in [2.45, 2.75) is 27.2 Å². The van der Waals surface area contributed by atoms with Crippen LogP contribution >= 0.6 is 39.1 Å². The molecule has 0 bridgehead atoms. The van der Waals surface area contributed by atoms with Gasteiger partial charge in [-0.2, -0.15) is 0 Å². The van der Waals surface area contributed by atoms with Crippen LogP contribution in [0.1, 0.15) is 26.3 Å². The van der Waals surface area contributed by atoms with E-state index in [1.54, 1.807) is 0 Å². The Morgan fingerprint density at radius 1 is 1.31 bits per heavy atom. The van der Waals surface area contributed by atoms with Crippen molar-refractivity contribution in [2.75, 3.05) is 5.88 Å². The maximum Gasteiger partial charge on any atom is 0.0449 e. The van der Waals surface area contributed by atoms with Crippen molar-refractivity contribution < 1.29 is 0 Å². The highest BCUT2D eigenvalue weighted by atomic mass is 79.9. The lowest BCUT2D eigenvalue weighted by Gasteiger charge is -2.29. The first-order valence-electron chi connectivity index (χ1n) is 5.34. The molecule has 1 aromatic rings. The zero-order valence-corrected chi connectivity index (χ0v) is 13.0. The Labute approximate surface area is 116 Å². The molecular weight excluding hydrogens is 307 g/mol. The summed E-state index contributed by atoms with van der Waals surface area (Å²) >= 11 is 15.6. The van der Waals surface area contributed by atoms with E-state index in [1.807, 2.05) is 12.1 Å². The number of alkyl halides is 1. The average molecular weight is 324 g/mol. The highest BCUT2D eigenvalue weighted by Crippen LogP contribution is 2.32. The molecule has 0 fully saturated rings. The van der Waals surface area contributed by atoms with E-state index in [0.29, 0.717) is 11.8 Å². The fourth-order valence-electron chi connectivity index (χ4n) is 1.54. The number of rotatable bonds is 3. The zero-order valence-electron chi connectivity index (χ0n) is 9.86. The third kappa shape index (κ3) is 3.94. The molecule has 0 saturated carbocycles. The van der Waals surface area contributed by atoms with Crippen molar-refractivity contribution in [2.24, 2.45) is 11.3 Å². The van der Waals surface area contributed by atoms with Gasteiger partial charge >= 0.3 is 0 Å². The summed E-state index contributed by atoms with van der Waals surface area (Å²) in [7, 11) is 0. The lowest BCUT2D eigenvalue weighted by atomic mass is 9.78. The van der Waals surface area contributed by atoms with E-state index in [4.69, 9.17) is 23.2 Å². The second-order valence-electron chi connectivity index (χ2n) is 5.16. The van der Waals surface area contributed by atoms with Crippen LogP contribution in [-0.2, 0) is 6.42 Å². The summed E-state index contributed by atoms with van der Waals surface area (Å²) in [5.41, 5.74) is 1.38. The van der Waals surface area contributed by atoms with E-state index in [1.165, 1.54) is 5.56 Å². The molecule has 0 saturated heterocycles. The molecular formula is C13H17BrCl2. The quantitative estimate of drug-likeness (QED) is 0.640. The zero-order chi connectivity index (χ0) is 12.3. The van der Waals surface area contributed by atoms with Crippen molar-refractivity contribution in [1.82, 2.24) is 0 Å². The normalized spacial score (nSPS) is 13.9. The second-order valence-corrected chi connectivity index (χ2v) is 6.79. The van der Waals surface area contributed by atoms with Gasteiger partial charge in [0, 0.05) is 15.4 Å². The van der Waals surface area contributed by atoms with Crippen molar-refractivity contribution in [3.8, 4) is 0 Å². The van der Waals surface area contributed by atoms with Gasteiger partial charge in [-0.15, -0.1) is 11.6 Å². The van der Waals surface area contributed by atoms with Gasteiger partial charge in [-0.25, -0.2) is 0 Å².